The number of carbonyl (C=O) groups is 1. The summed E-state index contributed by atoms with van der Waals surface area (Å²) in [6.45, 7) is 0.930. The van der Waals surface area contributed by atoms with E-state index in [2.05, 4.69) is 80.3 Å². The molecule has 0 atom stereocenters. The Balaban J connectivity index is 1.35. The fourth-order valence-electron chi connectivity index (χ4n) is 3.56. The van der Waals surface area contributed by atoms with Crippen molar-refractivity contribution in [3.8, 4) is 11.5 Å². The third-order valence-corrected chi connectivity index (χ3v) is 5.81. The number of carbonyl (C=O) groups excluding carboxylic acids is 1. The van der Waals surface area contributed by atoms with Gasteiger partial charge in [0.1, 0.15) is 0 Å². The number of amides is 1. The molecule has 1 aromatic heterocycles. The normalized spacial score (nSPS) is 12.5. The molecule has 1 aliphatic heterocycles. The van der Waals surface area contributed by atoms with Gasteiger partial charge in [-0.1, -0.05) is 30.3 Å². The summed E-state index contributed by atoms with van der Waals surface area (Å²) in [5, 5.41) is 5.26. The number of benzene rings is 3. The number of para-hydroxylation sites is 1. The van der Waals surface area contributed by atoms with Crippen molar-refractivity contribution in [2.24, 2.45) is 5.10 Å². The Morgan fingerprint density at radius 2 is 1.87 bits per heavy atom. The summed E-state index contributed by atoms with van der Waals surface area (Å²) in [4.78, 5) is 12.4. The van der Waals surface area contributed by atoms with Crippen molar-refractivity contribution in [3.63, 3.8) is 0 Å². The third-order valence-electron chi connectivity index (χ3n) is 5.09. The van der Waals surface area contributed by atoms with Gasteiger partial charge in [-0.15, -0.1) is 0 Å². The summed E-state index contributed by atoms with van der Waals surface area (Å²) in [7, 11) is 0. The van der Waals surface area contributed by atoms with E-state index < -0.39 is 0 Å². The molecular weight excluding hydrogens is 505 g/mol. The highest BCUT2D eigenvalue weighted by Gasteiger charge is 2.16. The van der Waals surface area contributed by atoms with Gasteiger partial charge in [-0.05, 0) is 64.6 Å². The van der Waals surface area contributed by atoms with Crippen LogP contribution in [-0.2, 0) is 6.54 Å². The molecule has 7 heteroatoms. The van der Waals surface area contributed by atoms with Gasteiger partial charge in [0.25, 0.3) is 5.91 Å². The van der Waals surface area contributed by atoms with Crippen molar-refractivity contribution in [2.75, 3.05) is 6.79 Å². The summed E-state index contributed by atoms with van der Waals surface area (Å²) in [6, 6.07) is 21.7. The summed E-state index contributed by atoms with van der Waals surface area (Å²) >= 11 is 2.31. The van der Waals surface area contributed by atoms with Gasteiger partial charge in [-0.2, -0.15) is 5.10 Å². The largest absolute Gasteiger partial charge is 0.454 e. The second-order valence-corrected chi connectivity index (χ2v) is 8.37. The van der Waals surface area contributed by atoms with Crippen molar-refractivity contribution in [1.82, 2.24) is 9.99 Å². The van der Waals surface area contributed by atoms with Crippen LogP contribution < -0.4 is 14.9 Å². The van der Waals surface area contributed by atoms with Crippen molar-refractivity contribution in [1.29, 1.82) is 0 Å². The van der Waals surface area contributed by atoms with E-state index in [0.29, 0.717) is 17.1 Å². The minimum atomic E-state index is -0.308. The maximum atomic E-state index is 12.4. The molecule has 0 saturated carbocycles. The first-order chi connectivity index (χ1) is 15.2. The standard InChI is InChI=1S/C24H18IN3O3/c25-19-8-5-16(6-9-19)13-28-14-18(20-3-1-2-4-21(20)28)12-26-27-24(29)17-7-10-22-23(11-17)31-15-30-22/h1-12,14H,13,15H2,(H,27,29)/b26-12-. The molecule has 5 rings (SSSR count). The van der Waals surface area contributed by atoms with Crippen LogP contribution in [0.3, 0.4) is 0 Å². The first-order valence-corrected chi connectivity index (χ1v) is 10.8. The first-order valence-electron chi connectivity index (χ1n) is 9.73. The quantitative estimate of drug-likeness (QED) is 0.233. The molecule has 4 aromatic rings. The number of nitrogens with zero attached hydrogens (tertiary/aromatic N) is 2. The SMILES string of the molecule is O=C(N/N=C\c1cn(Cc2ccc(I)cc2)c2ccccc12)c1ccc2c(c1)OCO2. The van der Waals surface area contributed by atoms with E-state index in [1.165, 1.54) is 9.13 Å². The molecule has 31 heavy (non-hydrogen) atoms. The van der Waals surface area contributed by atoms with Gasteiger partial charge >= 0.3 is 0 Å². The molecule has 0 fully saturated rings. The average Bonchev–Trinajstić information content (AvgIpc) is 3.40. The monoisotopic (exact) mass is 523 g/mol. The van der Waals surface area contributed by atoms with Crippen LogP contribution in [0.5, 0.6) is 11.5 Å². The Labute approximate surface area is 192 Å². The van der Waals surface area contributed by atoms with Gasteiger partial charge in [0.15, 0.2) is 11.5 Å². The number of nitrogens with one attached hydrogen (secondary N) is 1. The molecule has 0 aliphatic carbocycles. The molecule has 1 N–H and O–H groups in total. The number of ether oxygens (including phenoxy) is 2. The zero-order valence-electron chi connectivity index (χ0n) is 16.4. The van der Waals surface area contributed by atoms with Crippen molar-refractivity contribution in [3.05, 3.63) is 93.2 Å². The van der Waals surface area contributed by atoms with Crippen LogP contribution in [0.15, 0.2) is 78.0 Å². The summed E-state index contributed by atoms with van der Waals surface area (Å²) in [6.07, 6.45) is 3.73. The van der Waals surface area contributed by atoms with E-state index in [4.69, 9.17) is 9.47 Å². The minimum Gasteiger partial charge on any atom is -0.454 e. The van der Waals surface area contributed by atoms with Crippen molar-refractivity contribution < 1.29 is 14.3 Å². The second-order valence-electron chi connectivity index (χ2n) is 7.12. The second kappa shape index (κ2) is 8.43. The third kappa shape index (κ3) is 4.13. The van der Waals surface area contributed by atoms with E-state index in [1.54, 1.807) is 24.4 Å². The minimum absolute atomic E-state index is 0.171. The highest BCUT2D eigenvalue weighted by molar-refractivity contribution is 14.1. The Bertz CT molecular complexity index is 1300. The summed E-state index contributed by atoms with van der Waals surface area (Å²) < 4.78 is 14.0. The van der Waals surface area contributed by atoms with Crippen LogP contribution in [-0.4, -0.2) is 23.5 Å². The van der Waals surface area contributed by atoms with Gasteiger partial charge in [-0.3, -0.25) is 4.79 Å². The Morgan fingerprint density at radius 1 is 1.06 bits per heavy atom. The predicted octanol–water partition coefficient (Wildman–Crippen LogP) is 4.79. The van der Waals surface area contributed by atoms with Crippen molar-refractivity contribution >= 4 is 45.6 Å². The predicted molar refractivity (Wildman–Crippen MR) is 128 cm³/mol. The Hall–Kier alpha value is -3.33. The van der Waals surface area contributed by atoms with E-state index in [0.717, 1.165) is 23.0 Å². The number of aromatic nitrogens is 1. The molecule has 2 heterocycles. The first kappa shape index (κ1) is 19.6. The number of hydrogen-bond donors (Lipinski definition) is 1. The maximum Gasteiger partial charge on any atom is 0.271 e. The number of fused-ring (bicyclic) bond motifs is 2. The molecule has 0 spiro atoms. The molecule has 1 amide bonds. The number of rotatable bonds is 5. The Morgan fingerprint density at radius 3 is 2.74 bits per heavy atom. The smallest absolute Gasteiger partial charge is 0.271 e. The molecular formula is C24H18IN3O3. The summed E-state index contributed by atoms with van der Waals surface area (Å²) in [5.41, 5.74) is 6.33. The molecule has 154 valence electrons. The van der Waals surface area contributed by atoms with Crippen LogP contribution in [0.1, 0.15) is 21.5 Å². The summed E-state index contributed by atoms with van der Waals surface area (Å²) in [5.74, 6) is 0.897. The lowest BCUT2D eigenvalue weighted by Crippen LogP contribution is -2.17. The molecule has 0 radical (unpaired) electrons. The molecule has 0 saturated heterocycles. The average molecular weight is 523 g/mol. The number of hydrazone groups is 1. The van der Waals surface area contributed by atoms with E-state index in [-0.39, 0.29) is 12.7 Å². The molecule has 6 nitrogen and oxygen atoms in total. The molecule has 0 bridgehead atoms. The number of halogens is 1. The lowest BCUT2D eigenvalue weighted by atomic mass is 10.2. The maximum absolute atomic E-state index is 12.4. The number of hydrogen-bond acceptors (Lipinski definition) is 4. The zero-order valence-corrected chi connectivity index (χ0v) is 18.6. The van der Waals surface area contributed by atoms with E-state index in [9.17, 15) is 4.79 Å². The van der Waals surface area contributed by atoms with Gasteiger partial charge in [-0.25, -0.2) is 5.43 Å². The van der Waals surface area contributed by atoms with Crippen LogP contribution in [0.25, 0.3) is 10.9 Å². The van der Waals surface area contributed by atoms with Crippen molar-refractivity contribution in [2.45, 2.75) is 6.54 Å². The molecule has 0 unspecified atom stereocenters. The zero-order chi connectivity index (χ0) is 21.2. The lowest BCUT2D eigenvalue weighted by molar-refractivity contribution is 0.0954. The topological polar surface area (TPSA) is 64.9 Å². The van der Waals surface area contributed by atoms with Crippen LogP contribution >= 0.6 is 22.6 Å². The van der Waals surface area contributed by atoms with Gasteiger partial charge in [0.2, 0.25) is 6.79 Å². The van der Waals surface area contributed by atoms with Crippen LogP contribution in [0, 0.1) is 3.57 Å². The van der Waals surface area contributed by atoms with E-state index in [1.807, 2.05) is 12.1 Å². The van der Waals surface area contributed by atoms with Gasteiger partial charge in [0.05, 0.1) is 6.21 Å². The fraction of sp³-hybridized carbons (Fsp3) is 0.0833. The fourth-order valence-corrected chi connectivity index (χ4v) is 3.92. The molecule has 3 aromatic carbocycles. The van der Waals surface area contributed by atoms with E-state index >= 15 is 0 Å². The van der Waals surface area contributed by atoms with Gasteiger partial charge < -0.3 is 14.0 Å². The lowest BCUT2D eigenvalue weighted by Gasteiger charge is -2.05. The van der Waals surface area contributed by atoms with Crippen LogP contribution in [0.2, 0.25) is 0 Å². The highest BCUT2D eigenvalue weighted by Crippen LogP contribution is 2.32. The van der Waals surface area contributed by atoms with Gasteiger partial charge in [0, 0.05) is 38.3 Å². The van der Waals surface area contributed by atoms with Crippen LogP contribution in [0.4, 0.5) is 0 Å². The Kier molecular flexibility index (Phi) is 5.33. The highest BCUT2D eigenvalue weighted by atomic mass is 127. The molecule has 1 aliphatic rings.